The number of para-hydroxylation sites is 4. The maximum Gasteiger partial charge on any atom is 0.252 e. The standard InChI is InChI=1S/C92H79BN4/c1-8-9-10-15-32-61-53-86-88-87(54-61)97(90-76(64-37-20-13-21-38-64)57-67(92(5,6)7)58-77(90)65-39-22-14-23-40-65)85-60-69(95-82-47-30-26-43-72(82)73-44-27-31-48-83(73)95)50-52-79(85)93(88)78-51-49-68(94-80-45-28-24-41-70(80)71-42-25-29-46-81(71)94)59-84(78)96(86)89-74(62-33-16-11-17-34-62)55-66(91(2,3)4)56-75(89)63-35-18-12-19-36-63/h11-14,16-31,33-60H,8-10,15,32H2,1-7H3. The van der Waals surface area contributed by atoms with Gasteiger partial charge in [0, 0.05) is 77.9 Å². The Morgan fingerprint density at radius 1 is 0.309 bits per heavy atom. The van der Waals surface area contributed by atoms with Crippen LogP contribution in [0.25, 0.3) is 99.5 Å². The van der Waals surface area contributed by atoms with Gasteiger partial charge in [-0.1, -0.05) is 274 Å². The fraction of sp³-hybridized carbons (Fsp3) is 0.152. The minimum atomic E-state index is -0.195. The minimum Gasteiger partial charge on any atom is -0.310 e. The summed E-state index contributed by atoms with van der Waals surface area (Å²) in [7, 11) is 0. The van der Waals surface area contributed by atoms with Crippen LogP contribution in [-0.4, -0.2) is 15.8 Å². The van der Waals surface area contributed by atoms with E-state index < -0.39 is 0 Å². The Kier molecular flexibility index (Phi) is 14.7. The maximum absolute atomic E-state index is 2.75. The Labute approximate surface area is 571 Å². The lowest BCUT2D eigenvalue weighted by Crippen LogP contribution is -2.61. The summed E-state index contributed by atoms with van der Waals surface area (Å²) in [5.41, 5.74) is 30.9. The number of hydrogen-bond donors (Lipinski definition) is 0. The molecule has 0 atom stereocenters. The first-order valence-corrected chi connectivity index (χ1v) is 35.0. The molecule has 5 heteroatoms. The van der Waals surface area contributed by atoms with Crippen molar-refractivity contribution in [1.82, 2.24) is 9.13 Å². The predicted octanol–water partition coefficient (Wildman–Crippen LogP) is 23.3. The van der Waals surface area contributed by atoms with E-state index in [9.17, 15) is 0 Å². The first-order valence-electron chi connectivity index (χ1n) is 35.0. The number of fused-ring (bicyclic) bond motifs is 10. The quantitative estimate of drug-likeness (QED) is 0.0845. The molecule has 2 aliphatic heterocycles. The van der Waals surface area contributed by atoms with Crippen LogP contribution in [-0.2, 0) is 17.3 Å². The molecular weight excluding hydrogens is 1170 g/mol. The summed E-state index contributed by atoms with van der Waals surface area (Å²) in [4.78, 5) is 5.51. The van der Waals surface area contributed by atoms with Gasteiger partial charge in [-0.25, -0.2) is 0 Å². The molecule has 0 unspecified atom stereocenters. The normalized spacial score (nSPS) is 12.8. The number of benzene rings is 13. The number of hydrogen-bond acceptors (Lipinski definition) is 2. The van der Waals surface area contributed by atoms with Crippen LogP contribution in [0.15, 0.2) is 291 Å². The largest absolute Gasteiger partial charge is 0.310 e. The number of aryl methyl sites for hydroxylation is 1. The zero-order valence-corrected chi connectivity index (χ0v) is 56.6. The molecule has 0 saturated carbocycles. The van der Waals surface area contributed by atoms with Crippen molar-refractivity contribution in [3.8, 4) is 55.9 Å². The highest BCUT2D eigenvalue weighted by Crippen LogP contribution is 2.55. The minimum absolute atomic E-state index is 0.171. The number of rotatable bonds is 13. The molecule has 2 aromatic heterocycles. The fourth-order valence-electron chi connectivity index (χ4n) is 16.1. The van der Waals surface area contributed by atoms with Crippen molar-refractivity contribution in [1.29, 1.82) is 0 Å². The number of unbranched alkanes of at least 4 members (excludes halogenated alkanes) is 3. The Morgan fingerprint density at radius 2 is 0.629 bits per heavy atom. The van der Waals surface area contributed by atoms with Crippen LogP contribution < -0.4 is 26.2 Å². The molecule has 4 heterocycles. The van der Waals surface area contributed by atoms with Crippen molar-refractivity contribution >= 4 is 101 Å². The molecule has 0 aliphatic carbocycles. The highest BCUT2D eigenvalue weighted by Gasteiger charge is 2.46. The predicted molar refractivity (Wildman–Crippen MR) is 416 cm³/mol. The molecule has 0 N–H and O–H groups in total. The van der Waals surface area contributed by atoms with E-state index in [-0.39, 0.29) is 17.5 Å². The molecule has 0 amide bonds. The van der Waals surface area contributed by atoms with Crippen molar-refractivity contribution in [2.24, 2.45) is 0 Å². The van der Waals surface area contributed by atoms with Crippen LogP contribution in [0.4, 0.5) is 34.1 Å². The average Bonchev–Trinajstić information content (AvgIpc) is 1.19. The first kappa shape index (κ1) is 59.8. The van der Waals surface area contributed by atoms with Gasteiger partial charge < -0.3 is 18.9 Å². The molecule has 2 aliphatic rings. The molecule has 0 radical (unpaired) electrons. The van der Waals surface area contributed by atoms with Crippen LogP contribution in [0.5, 0.6) is 0 Å². The Balaban J connectivity index is 1.06. The van der Waals surface area contributed by atoms with Crippen molar-refractivity contribution in [2.75, 3.05) is 9.80 Å². The monoisotopic (exact) mass is 1250 g/mol. The van der Waals surface area contributed by atoms with Gasteiger partial charge in [0.2, 0.25) is 0 Å². The van der Waals surface area contributed by atoms with E-state index >= 15 is 0 Å². The van der Waals surface area contributed by atoms with Gasteiger partial charge in [-0.05, 0) is 164 Å². The molecule has 13 aromatic carbocycles. The highest BCUT2D eigenvalue weighted by molar-refractivity contribution is 7.00. The van der Waals surface area contributed by atoms with Gasteiger partial charge in [0.25, 0.3) is 6.71 Å². The van der Waals surface area contributed by atoms with E-state index in [4.69, 9.17) is 0 Å². The van der Waals surface area contributed by atoms with Gasteiger partial charge in [0.1, 0.15) is 0 Å². The topological polar surface area (TPSA) is 16.3 Å². The summed E-state index contributed by atoms with van der Waals surface area (Å²) >= 11 is 0. The summed E-state index contributed by atoms with van der Waals surface area (Å²) < 4.78 is 5.03. The third-order valence-electron chi connectivity index (χ3n) is 20.8. The summed E-state index contributed by atoms with van der Waals surface area (Å²) in [6.07, 6.45) is 5.52. The lowest BCUT2D eigenvalue weighted by Gasteiger charge is -2.46. The van der Waals surface area contributed by atoms with Gasteiger partial charge >= 0.3 is 0 Å². The van der Waals surface area contributed by atoms with Crippen LogP contribution in [0.2, 0.25) is 0 Å². The fourth-order valence-corrected chi connectivity index (χ4v) is 16.1. The molecule has 0 spiro atoms. The maximum atomic E-state index is 2.75. The number of anilines is 6. The summed E-state index contributed by atoms with van der Waals surface area (Å²) in [5.74, 6) is 0. The van der Waals surface area contributed by atoms with E-state index in [2.05, 4.69) is 359 Å². The van der Waals surface area contributed by atoms with Gasteiger partial charge in [-0.2, -0.15) is 0 Å². The SMILES string of the molecule is CCCCCCc1cc2c3c(c1)N(c1c(-c4ccccc4)cc(C(C)(C)C)cc1-c1ccccc1)c1cc(-n4c5ccccc5c5ccccc54)ccc1B3c1ccc(-n3c4ccccc4c4ccccc43)cc1N2c1c(-c2ccccc2)cc(C(C)(C)C)cc1-c1ccccc1. The van der Waals surface area contributed by atoms with Crippen LogP contribution in [0.3, 0.4) is 0 Å². The second kappa shape index (κ2) is 23.8. The summed E-state index contributed by atoms with van der Waals surface area (Å²) in [5, 5.41) is 4.97. The van der Waals surface area contributed by atoms with Crippen molar-refractivity contribution in [2.45, 2.75) is 91.4 Å². The summed E-state index contributed by atoms with van der Waals surface area (Å²) in [6.45, 7) is 16.3. The van der Waals surface area contributed by atoms with Crippen LogP contribution in [0, 0.1) is 0 Å². The molecule has 0 bridgehead atoms. The first-order chi connectivity index (χ1) is 47.4. The Morgan fingerprint density at radius 3 is 0.948 bits per heavy atom. The number of nitrogens with zero attached hydrogens (tertiary/aromatic N) is 4. The molecule has 0 saturated heterocycles. The third kappa shape index (κ3) is 10.1. The van der Waals surface area contributed by atoms with E-state index in [0.29, 0.717) is 0 Å². The second-order valence-electron chi connectivity index (χ2n) is 29.0. The molecule has 0 fully saturated rings. The highest BCUT2D eigenvalue weighted by atomic mass is 15.2. The zero-order chi connectivity index (χ0) is 65.7. The van der Waals surface area contributed by atoms with Crippen molar-refractivity contribution < 1.29 is 0 Å². The lowest BCUT2D eigenvalue weighted by atomic mass is 9.33. The Bertz CT molecular complexity index is 4970. The second-order valence-corrected chi connectivity index (χ2v) is 29.0. The molecule has 15 aromatic rings. The summed E-state index contributed by atoms with van der Waals surface area (Å²) in [6, 6.07) is 111. The van der Waals surface area contributed by atoms with Gasteiger partial charge in [-0.15, -0.1) is 0 Å². The van der Waals surface area contributed by atoms with Crippen molar-refractivity contribution in [3.63, 3.8) is 0 Å². The smallest absolute Gasteiger partial charge is 0.252 e. The molecule has 470 valence electrons. The van der Waals surface area contributed by atoms with Gasteiger partial charge in [-0.3, -0.25) is 0 Å². The van der Waals surface area contributed by atoms with Crippen molar-refractivity contribution in [3.05, 3.63) is 308 Å². The zero-order valence-electron chi connectivity index (χ0n) is 56.6. The van der Waals surface area contributed by atoms with Gasteiger partial charge in [0.15, 0.2) is 0 Å². The average molecular weight is 1250 g/mol. The third-order valence-corrected chi connectivity index (χ3v) is 20.8. The molecule has 17 rings (SSSR count). The Hall–Kier alpha value is -10.9. The van der Waals surface area contributed by atoms with E-state index in [0.717, 1.165) is 30.6 Å². The van der Waals surface area contributed by atoms with E-state index in [1.54, 1.807) is 0 Å². The molecule has 4 nitrogen and oxygen atoms in total. The van der Waals surface area contributed by atoms with Crippen LogP contribution in [0.1, 0.15) is 90.8 Å². The lowest BCUT2D eigenvalue weighted by molar-refractivity contribution is 0.590. The van der Waals surface area contributed by atoms with Crippen LogP contribution >= 0.6 is 0 Å². The van der Waals surface area contributed by atoms with Gasteiger partial charge in [0.05, 0.1) is 33.4 Å². The number of aromatic nitrogens is 2. The molecule has 97 heavy (non-hydrogen) atoms. The molecular formula is C92H79BN4. The van der Waals surface area contributed by atoms with E-state index in [1.165, 1.54) is 168 Å². The van der Waals surface area contributed by atoms with E-state index in [1.807, 2.05) is 0 Å².